The van der Waals surface area contributed by atoms with Crippen LogP contribution in [0.25, 0.3) is 0 Å². The molecule has 0 saturated carbocycles. The third-order valence-electron chi connectivity index (χ3n) is 2.67. The van der Waals surface area contributed by atoms with Crippen LogP contribution in [0.4, 0.5) is 0 Å². The van der Waals surface area contributed by atoms with Gasteiger partial charge in [-0.05, 0) is 42.8 Å². The summed E-state index contributed by atoms with van der Waals surface area (Å²) < 4.78 is 0. The number of hydrogen-bond acceptors (Lipinski definition) is 2. The molecule has 0 radical (unpaired) electrons. The largest absolute Gasteiger partial charge is 0.185 e. The minimum absolute atomic E-state index is 0.787. The normalized spacial score (nSPS) is 16.1. The third-order valence-corrected chi connectivity index (χ3v) is 6.74. The molecule has 4 atom stereocenters. The van der Waals surface area contributed by atoms with Gasteiger partial charge in [0.1, 0.15) is 5.40 Å². The average Bonchev–Trinajstić information content (AvgIpc) is 2.27. The van der Waals surface area contributed by atoms with Gasteiger partial charge in [0.2, 0.25) is 0 Å². The number of thiocyanates is 1. The number of nitrogens with zero attached hydrogens (tertiary/aromatic N) is 1. The summed E-state index contributed by atoms with van der Waals surface area (Å²) in [5.74, 6) is 1.04. The lowest BCUT2D eigenvalue weighted by atomic mass is 10.1. The summed E-state index contributed by atoms with van der Waals surface area (Å²) in [4.78, 5) is 0. The first-order chi connectivity index (χ1) is 7.29. The molecule has 4 heteroatoms. The van der Waals surface area contributed by atoms with Crippen LogP contribution >= 0.6 is 28.9 Å². The van der Waals surface area contributed by atoms with Gasteiger partial charge < -0.3 is 0 Å². The standard InChI is InChI=1S/C11H23NP2S/c1-4-5-6-7-10(13-2)11(14-3)8-15-9-12/h10-11,13-14H,4-8H2,1-3H3. The van der Waals surface area contributed by atoms with Crippen LogP contribution in [0, 0.1) is 10.7 Å². The number of thioether (sulfide) groups is 1. The van der Waals surface area contributed by atoms with Gasteiger partial charge in [-0.1, -0.05) is 26.2 Å². The highest BCUT2D eigenvalue weighted by atomic mass is 32.2. The highest BCUT2D eigenvalue weighted by molar-refractivity contribution is 8.03. The third kappa shape index (κ3) is 7.57. The molecule has 88 valence electrons. The predicted molar refractivity (Wildman–Crippen MR) is 78.3 cm³/mol. The zero-order chi connectivity index (χ0) is 11.5. The highest BCUT2D eigenvalue weighted by Crippen LogP contribution is 2.34. The van der Waals surface area contributed by atoms with Crippen molar-refractivity contribution >= 4 is 28.9 Å². The second kappa shape index (κ2) is 11.2. The molecular formula is C11H23NP2S. The first kappa shape index (κ1) is 15.7. The number of rotatable bonds is 9. The molecule has 0 aliphatic rings. The fourth-order valence-electron chi connectivity index (χ4n) is 1.69. The minimum atomic E-state index is 0.787. The molecule has 0 aromatic heterocycles. The van der Waals surface area contributed by atoms with Gasteiger partial charge in [-0.25, -0.2) is 0 Å². The summed E-state index contributed by atoms with van der Waals surface area (Å²) in [7, 11) is 2.04. The van der Waals surface area contributed by atoms with E-state index in [1.54, 1.807) is 0 Å². The Bertz CT molecular complexity index is 182. The molecule has 0 spiro atoms. The molecule has 0 aromatic rings. The molecule has 0 fully saturated rings. The maximum absolute atomic E-state index is 8.60. The summed E-state index contributed by atoms with van der Waals surface area (Å²) in [6, 6.07) is 0. The zero-order valence-electron chi connectivity index (χ0n) is 10.0. The van der Waals surface area contributed by atoms with E-state index in [1.807, 2.05) is 0 Å². The summed E-state index contributed by atoms with van der Waals surface area (Å²) >= 11 is 1.44. The summed E-state index contributed by atoms with van der Waals surface area (Å²) in [5, 5.41) is 10.8. The molecule has 0 aliphatic carbocycles. The topological polar surface area (TPSA) is 23.8 Å². The molecule has 0 bridgehead atoms. The second-order valence-electron chi connectivity index (χ2n) is 3.69. The van der Waals surface area contributed by atoms with Crippen LogP contribution in [0.3, 0.4) is 0 Å². The maximum Gasteiger partial charge on any atom is 0.133 e. The van der Waals surface area contributed by atoms with Crippen molar-refractivity contribution in [2.45, 2.75) is 43.9 Å². The van der Waals surface area contributed by atoms with Crippen LogP contribution in [0.2, 0.25) is 0 Å². The molecule has 0 saturated heterocycles. The molecule has 0 rings (SSSR count). The molecule has 0 heterocycles. The Balaban J connectivity index is 3.92. The lowest BCUT2D eigenvalue weighted by molar-refractivity contribution is 0.640. The second-order valence-corrected chi connectivity index (χ2v) is 7.13. The van der Waals surface area contributed by atoms with Gasteiger partial charge in [0, 0.05) is 5.75 Å². The van der Waals surface area contributed by atoms with Gasteiger partial charge >= 0.3 is 0 Å². The van der Waals surface area contributed by atoms with Crippen molar-refractivity contribution in [2.24, 2.45) is 0 Å². The van der Waals surface area contributed by atoms with E-state index in [1.165, 1.54) is 37.4 Å². The molecule has 0 aliphatic heterocycles. The van der Waals surface area contributed by atoms with E-state index in [9.17, 15) is 0 Å². The van der Waals surface area contributed by atoms with E-state index < -0.39 is 0 Å². The van der Waals surface area contributed by atoms with Crippen molar-refractivity contribution in [3.63, 3.8) is 0 Å². The van der Waals surface area contributed by atoms with Crippen molar-refractivity contribution in [2.75, 3.05) is 19.1 Å². The first-order valence-corrected chi connectivity index (χ1v) is 9.79. The Hall–Kier alpha value is 0.700. The van der Waals surface area contributed by atoms with E-state index in [4.69, 9.17) is 5.26 Å². The molecule has 4 unspecified atom stereocenters. The lowest BCUT2D eigenvalue weighted by Gasteiger charge is -2.24. The zero-order valence-corrected chi connectivity index (χ0v) is 12.9. The Labute approximate surface area is 103 Å². The fraction of sp³-hybridized carbons (Fsp3) is 0.909. The van der Waals surface area contributed by atoms with Crippen molar-refractivity contribution in [3.8, 4) is 5.40 Å². The van der Waals surface area contributed by atoms with Gasteiger partial charge in [0.15, 0.2) is 0 Å². The van der Waals surface area contributed by atoms with Crippen molar-refractivity contribution in [1.29, 1.82) is 5.26 Å². The first-order valence-electron chi connectivity index (χ1n) is 5.65. The maximum atomic E-state index is 8.60. The van der Waals surface area contributed by atoms with E-state index in [2.05, 4.69) is 25.7 Å². The number of unbranched alkanes of at least 4 members (excludes halogenated alkanes) is 2. The molecule has 15 heavy (non-hydrogen) atoms. The average molecular weight is 263 g/mol. The molecule has 0 amide bonds. The Morgan fingerprint density at radius 2 is 1.87 bits per heavy atom. The summed E-state index contributed by atoms with van der Waals surface area (Å²) in [5.41, 5.74) is 1.66. The van der Waals surface area contributed by atoms with Crippen LogP contribution in [-0.4, -0.2) is 30.4 Å². The van der Waals surface area contributed by atoms with E-state index in [-0.39, 0.29) is 0 Å². The van der Waals surface area contributed by atoms with Crippen LogP contribution in [0.5, 0.6) is 0 Å². The SMILES string of the molecule is CCCCCC(PC)C(CSC#N)PC. The van der Waals surface area contributed by atoms with Gasteiger partial charge in [-0.15, -0.1) is 17.2 Å². The predicted octanol–water partition coefficient (Wildman–Crippen LogP) is 4.13. The van der Waals surface area contributed by atoms with Crippen molar-refractivity contribution in [3.05, 3.63) is 0 Å². The van der Waals surface area contributed by atoms with E-state index in [0.29, 0.717) is 0 Å². The molecular weight excluding hydrogens is 240 g/mol. The molecule has 1 nitrogen and oxygen atoms in total. The Kier molecular flexibility index (Phi) is 11.7. The van der Waals surface area contributed by atoms with Crippen molar-refractivity contribution < 1.29 is 0 Å². The Morgan fingerprint density at radius 3 is 2.33 bits per heavy atom. The fourth-order valence-corrected chi connectivity index (χ4v) is 5.84. The van der Waals surface area contributed by atoms with E-state index >= 15 is 0 Å². The minimum Gasteiger partial charge on any atom is -0.185 e. The quantitative estimate of drug-likeness (QED) is 0.355. The molecule has 0 aromatic carbocycles. The number of hydrogen-bond donors (Lipinski definition) is 0. The highest BCUT2D eigenvalue weighted by Gasteiger charge is 2.17. The van der Waals surface area contributed by atoms with Crippen LogP contribution in [0.1, 0.15) is 32.6 Å². The smallest absolute Gasteiger partial charge is 0.133 e. The number of nitriles is 1. The summed E-state index contributed by atoms with van der Waals surface area (Å²) in [6.07, 6.45) is 5.43. The monoisotopic (exact) mass is 263 g/mol. The lowest BCUT2D eigenvalue weighted by Crippen LogP contribution is -2.20. The Morgan fingerprint density at radius 1 is 1.20 bits per heavy atom. The van der Waals surface area contributed by atoms with Gasteiger partial charge in [0.05, 0.1) is 0 Å². The van der Waals surface area contributed by atoms with Crippen LogP contribution in [-0.2, 0) is 0 Å². The van der Waals surface area contributed by atoms with Crippen LogP contribution in [0.15, 0.2) is 0 Å². The van der Waals surface area contributed by atoms with Crippen LogP contribution < -0.4 is 0 Å². The van der Waals surface area contributed by atoms with E-state index in [0.717, 1.165) is 34.2 Å². The van der Waals surface area contributed by atoms with Gasteiger partial charge in [0.25, 0.3) is 0 Å². The summed E-state index contributed by atoms with van der Waals surface area (Å²) in [6.45, 7) is 6.87. The van der Waals surface area contributed by atoms with Crippen molar-refractivity contribution in [1.82, 2.24) is 0 Å². The molecule has 0 N–H and O–H groups in total. The van der Waals surface area contributed by atoms with Gasteiger partial charge in [-0.2, -0.15) is 5.26 Å². The van der Waals surface area contributed by atoms with Gasteiger partial charge in [-0.3, -0.25) is 0 Å².